The molecule has 8 heteroatoms. The van der Waals surface area contributed by atoms with Gasteiger partial charge in [-0.05, 0) is 36.2 Å². The first-order valence-corrected chi connectivity index (χ1v) is 10.3. The Hall–Kier alpha value is -2.68. The highest BCUT2D eigenvalue weighted by molar-refractivity contribution is 7.89. The van der Waals surface area contributed by atoms with Crippen LogP contribution in [-0.4, -0.2) is 30.2 Å². The Kier molecular flexibility index (Phi) is 6.13. The van der Waals surface area contributed by atoms with Crippen molar-refractivity contribution in [3.63, 3.8) is 0 Å². The van der Waals surface area contributed by atoms with E-state index in [4.69, 9.17) is 4.74 Å². The van der Waals surface area contributed by atoms with Gasteiger partial charge in [0.05, 0.1) is 37.2 Å². The molecule has 7 nitrogen and oxygen atoms in total. The van der Waals surface area contributed by atoms with Crippen molar-refractivity contribution in [2.24, 2.45) is 0 Å². The van der Waals surface area contributed by atoms with Gasteiger partial charge in [0, 0.05) is 18.3 Å². The van der Waals surface area contributed by atoms with E-state index in [1.807, 2.05) is 29.7 Å². The molecule has 1 heterocycles. The summed E-state index contributed by atoms with van der Waals surface area (Å²) in [6, 6.07) is 11.9. The Morgan fingerprint density at radius 3 is 2.64 bits per heavy atom. The Balaban J connectivity index is 1.93. The quantitative estimate of drug-likeness (QED) is 0.605. The average molecular weight is 401 g/mol. The molecule has 28 heavy (non-hydrogen) atoms. The molecule has 0 fully saturated rings. The molecule has 0 aliphatic carbocycles. The van der Waals surface area contributed by atoms with E-state index in [9.17, 15) is 13.5 Å². The first-order valence-electron chi connectivity index (χ1n) is 8.86. The highest BCUT2D eigenvalue weighted by Crippen LogP contribution is 2.34. The highest BCUT2D eigenvalue weighted by atomic mass is 32.2. The summed E-state index contributed by atoms with van der Waals surface area (Å²) in [6.07, 6.45) is 3.47. The number of aliphatic hydroxyl groups excluding tert-OH is 1. The lowest BCUT2D eigenvalue weighted by Gasteiger charge is -2.14. The van der Waals surface area contributed by atoms with Crippen LogP contribution in [0.4, 0.5) is 0 Å². The number of imidazole rings is 1. The maximum absolute atomic E-state index is 12.8. The van der Waals surface area contributed by atoms with Gasteiger partial charge >= 0.3 is 0 Å². The van der Waals surface area contributed by atoms with Crippen molar-refractivity contribution in [3.05, 3.63) is 66.2 Å². The van der Waals surface area contributed by atoms with Gasteiger partial charge in [0.25, 0.3) is 0 Å². The van der Waals surface area contributed by atoms with Crippen LogP contribution in [0.2, 0.25) is 0 Å². The first-order chi connectivity index (χ1) is 13.5. The number of benzene rings is 2. The number of rotatable bonds is 8. The molecule has 0 unspecified atom stereocenters. The molecule has 0 spiro atoms. The summed E-state index contributed by atoms with van der Waals surface area (Å²) in [5.41, 5.74) is 2.66. The number of sulfonamides is 1. The third-order valence-electron chi connectivity index (χ3n) is 4.45. The lowest BCUT2D eigenvalue weighted by Crippen LogP contribution is -2.23. The number of aryl methyl sites for hydroxylation is 1. The van der Waals surface area contributed by atoms with Gasteiger partial charge in [-0.2, -0.15) is 0 Å². The lowest BCUT2D eigenvalue weighted by atomic mass is 9.99. The van der Waals surface area contributed by atoms with Gasteiger partial charge in [0.1, 0.15) is 5.75 Å². The van der Waals surface area contributed by atoms with Crippen molar-refractivity contribution in [1.82, 2.24) is 14.3 Å². The zero-order chi connectivity index (χ0) is 20.1. The summed E-state index contributed by atoms with van der Waals surface area (Å²) in [6.45, 7) is 2.70. The summed E-state index contributed by atoms with van der Waals surface area (Å²) in [5, 5.41) is 9.62. The van der Waals surface area contributed by atoms with E-state index < -0.39 is 10.0 Å². The lowest BCUT2D eigenvalue weighted by molar-refractivity contribution is 0.282. The van der Waals surface area contributed by atoms with Gasteiger partial charge in [-0.3, -0.25) is 0 Å². The van der Waals surface area contributed by atoms with Crippen molar-refractivity contribution in [3.8, 4) is 16.9 Å². The van der Waals surface area contributed by atoms with E-state index in [-0.39, 0.29) is 18.0 Å². The smallest absolute Gasteiger partial charge is 0.240 e. The summed E-state index contributed by atoms with van der Waals surface area (Å²) in [5.74, 6) is 0.529. The van der Waals surface area contributed by atoms with Gasteiger partial charge < -0.3 is 14.4 Å². The average Bonchev–Trinajstić information content (AvgIpc) is 3.20. The molecular weight excluding hydrogens is 378 g/mol. The summed E-state index contributed by atoms with van der Waals surface area (Å²) in [7, 11) is -2.22. The largest absolute Gasteiger partial charge is 0.496 e. The van der Waals surface area contributed by atoms with E-state index in [1.54, 1.807) is 30.7 Å². The van der Waals surface area contributed by atoms with Crippen LogP contribution in [0.3, 0.4) is 0 Å². The Labute approximate surface area is 164 Å². The second kappa shape index (κ2) is 8.55. The molecule has 0 aliphatic heterocycles. The van der Waals surface area contributed by atoms with Gasteiger partial charge in [-0.15, -0.1) is 0 Å². The molecule has 0 atom stereocenters. The zero-order valence-corrected chi connectivity index (χ0v) is 16.6. The van der Waals surface area contributed by atoms with Gasteiger partial charge in [-0.25, -0.2) is 18.1 Å². The Bertz CT molecular complexity index is 1060. The molecule has 0 saturated heterocycles. The molecule has 1 aromatic heterocycles. The molecule has 148 valence electrons. The van der Waals surface area contributed by atoms with Crippen molar-refractivity contribution < 1.29 is 18.3 Å². The monoisotopic (exact) mass is 401 g/mol. The number of hydrogen-bond donors (Lipinski definition) is 2. The van der Waals surface area contributed by atoms with E-state index in [2.05, 4.69) is 9.71 Å². The fraction of sp³-hybridized carbons (Fsp3) is 0.250. The number of methoxy groups -OCH3 is 1. The van der Waals surface area contributed by atoms with E-state index in [1.165, 1.54) is 13.2 Å². The number of nitrogens with one attached hydrogen (secondary N) is 1. The van der Waals surface area contributed by atoms with Crippen LogP contribution in [0.5, 0.6) is 5.75 Å². The predicted octanol–water partition coefficient (Wildman–Crippen LogP) is 2.55. The standard InChI is InChI=1S/C20H23N3O4S/c1-3-23-12-16(21-14-23)11-22-28(25,26)17-8-9-20(27-2)19(10-17)18-7-5-4-6-15(18)13-24/h4-10,12,14,22,24H,3,11,13H2,1-2H3. The minimum absolute atomic E-state index is 0.101. The van der Waals surface area contributed by atoms with Crippen molar-refractivity contribution in [2.75, 3.05) is 7.11 Å². The molecule has 0 radical (unpaired) electrons. The summed E-state index contributed by atoms with van der Waals surface area (Å²) < 4.78 is 35.4. The van der Waals surface area contributed by atoms with Crippen molar-refractivity contribution in [2.45, 2.75) is 31.5 Å². The van der Waals surface area contributed by atoms with Crippen LogP contribution >= 0.6 is 0 Å². The van der Waals surface area contributed by atoms with Crippen LogP contribution in [0.25, 0.3) is 11.1 Å². The summed E-state index contributed by atoms with van der Waals surface area (Å²) >= 11 is 0. The predicted molar refractivity (Wildman–Crippen MR) is 106 cm³/mol. The third kappa shape index (κ3) is 4.24. The molecule has 2 aromatic carbocycles. The molecule has 0 aliphatic rings. The highest BCUT2D eigenvalue weighted by Gasteiger charge is 2.18. The minimum atomic E-state index is -3.75. The number of aliphatic hydroxyl groups is 1. The SMILES string of the molecule is CCn1cnc(CNS(=O)(=O)c2ccc(OC)c(-c3ccccc3CO)c2)c1. The fourth-order valence-corrected chi connectivity index (χ4v) is 3.93. The maximum Gasteiger partial charge on any atom is 0.240 e. The zero-order valence-electron chi connectivity index (χ0n) is 15.8. The molecule has 2 N–H and O–H groups in total. The van der Waals surface area contributed by atoms with Gasteiger partial charge in [-0.1, -0.05) is 24.3 Å². The molecular formula is C20H23N3O4S. The second-order valence-corrected chi connectivity index (χ2v) is 7.96. The Morgan fingerprint density at radius 2 is 1.96 bits per heavy atom. The van der Waals surface area contributed by atoms with Gasteiger partial charge in [0.15, 0.2) is 0 Å². The fourth-order valence-electron chi connectivity index (χ4n) is 2.91. The number of hydrogen-bond acceptors (Lipinski definition) is 5. The van der Waals surface area contributed by atoms with E-state index >= 15 is 0 Å². The number of nitrogens with zero attached hydrogens (tertiary/aromatic N) is 2. The summed E-state index contributed by atoms with van der Waals surface area (Å²) in [4.78, 5) is 4.30. The molecule has 0 amide bonds. The molecule has 3 aromatic rings. The number of aromatic nitrogens is 2. The molecule has 3 rings (SSSR count). The normalized spacial score (nSPS) is 11.5. The van der Waals surface area contributed by atoms with Crippen LogP contribution < -0.4 is 9.46 Å². The van der Waals surface area contributed by atoms with Crippen LogP contribution in [0, 0.1) is 0 Å². The second-order valence-electron chi connectivity index (χ2n) is 6.20. The van der Waals surface area contributed by atoms with Crippen LogP contribution in [0.15, 0.2) is 59.9 Å². The molecule has 0 bridgehead atoms. The van der Waals surface area contributed by atoms with Crippen molar-refractivity contribution >= 4 is 10.0 Å². The van der Waals surface area contributed by atoms with Gasteiger partial charge in [0.2, 0.25) is 10.0 Å². The van der Waals surface area contributed by atoms with Crippen LogP contribution in [0.1, 0.15) is 18.2 Å². The van der Waals surface area contributed by atoms with E-state index in [0.717, 1.165) is 12.1 Å². The maximum atomic E-state index is 12.8. The topological polar surface area (TPSA) is 93.5 Å². The minimum Gasteiger partial charge on any atom is -0.496 e. The van der Waals surface area contributed by atoms with Crippen LogP contribution in [-0.2, 0) is 29.7 Å². The van der Waals surface area contributed by atoms with E-state index in [0.29, 0.717) is 22.6 Å². The Morgan fingerprint density at radius 1 is 1.18 bits per heavy atom. The number of ether oxygens (including phenoxy) is 1. The first kappa shape index (κ1) is 20.1. The molecule has 0 saturated carbocycles. The van der Waals surface area contributed by atoms with Crippen molar-refractivity contribution in [1.29, 1.82) is 0 Å². The third-order valence-corrected chi connectivity index (χ3v) is 5.85.